The minimum absolute atomic E-state index is 0.284. The van der Waals surface area contributed by atoms with Crippen LogP contribution < -0.4 is 5.32 Å². The molecule has 0 saturated heterocycles. The van der Waals surface area contributed by atoms with Gasteiger partial charge in [-0.2, -0.15) is 0 Å². The molecular weight excluding hydrogens is 226 g/mol. The van der Waals surface area contributed by atoms with E-state index in [0.717, 1.165) is 12.0 Å². The molecule has 2 aliphatic carbocycles. The van der Waals surface area contributed by atoms with Gasteiger partial charge in [0.15, 0.2) is 0 Å². The minimum atomic E-state index is -0.862. The fourth-order valence-electron chi connectivity index (χ4n) is 3.15. The zero-order valence-corrected chi connectivity index (χ0v) is 10.6. The lowest BCUT2D eigenvalue weighted by atomic mass is 9.90. The van der Waals surface area contributed by atoms with Crippen LogP contribution in [0.15, 0.2) is 24.3 Å². The minimum Gasteiger partial charge on any atom is -0.480 e. The predicted molar refractivity (Wildman–Crippen MR) is 69.4 cm³/mol. The molecule has 0 aromatic heterocycles. The van der Waals surface area contributed by atoms with Crippen molar-refractivity contribution in [3.8, 4) is 0 Å². The molecule has 0 bridgehead atoms. The summed E-state index contributed by atoms with van der Waals surface area (Å²) < 4.78 is 0. The van der Waals surface area contributed by atoms with E-state index in [2.05, 4.69) is 12.2 Å². The molecule has 2 atom stereocenters. The van der Waals surface area contributed by atoms with Gasteiger partial charge in [0.1, 0.15) is 5.54 Å². The van der Waals surface area contributed by atoms with Crippen LogP contribution in [-0.4, -0.2) is 17.1 Å². The van der Waals surface area contributed by atoms with Crippen molar-refractivity contribution in [2.45, 2.75) is 44.2 Å². The molecule has 2 aliphatic rings. The van der Waals surface area contributed by atoms with Crippen molar-refractivity contribution in [3.63, 3.8) is 0 Å². The van der Waals surface area contributed by atoms with E-state index in [0.29, 0.717) is 12.3 Å². The van der Waals surface area contributed by atoms with Gasteiger partial charge < -0.3 is 5.11 Å². The zero-order valence-electron chi connectivity index (χ0n) is 10.6. The van der Waals surface area contributed by atoms with Crippen molar-refractivity contribution in [2.24, 2.45) is 5.92 Å². The summed E-state index contributed by atoms with van der Waals surface area (Å²) in [6, 6.07) is 8.21. The van der Waals surface area contributed by atoms with Gasteiger partial charge >= 0.3 is 5.97 Å². The maximum Gasteiger partial charge on any atom is 0.328 e. The molecule has 2 unspecified atom stereocenters. The first kappa shape index (κ1) is 11.7. The average Bonchev–Trinajstić information content (AvgIpc) is 3.14. The second-order valence-electron chi connectivity index (χ2n) is 5.64. The summed E-state index contributed by atoms with van der Waals surface area (Å²) in [5.41, 5.74) is 1.28. The van der Waals surface area contributed by atoms with Crippen LogP contribution in [0.25, 0.3) is 0 Å². The number of hydrogen-bond acceptors (Lipinski definition) is 2. The molecule has 0 spiro atoms. The number of aryl methyl sites for hydroxylation is 1. The van der Waals surface area contributed by atoms with Crippen molar-refractivity contribution in [1.82, 2.24) is 5.32 Å². The molecule has 3 rings (SSSR count). The standard InChI is InChI=1S/C15H19NO2/c1-10(11-6-7-11)16-15(14(17)18)9-8-12-4-2-3-5-13(12)15/h2-5,10-11,16H,6-9H2,1H3,(H,17,18). The first-order valence-electron chi connectivity index (χ1n) is 6.73. The molecule has 18 heavy (non-hydrogen) atoms. The monoisotopic (exact) mass is 245 g/mol. The van der Waals surface area contributed by atoms with Crippen LogP contribution in [0.3, 0.4) is 0 Å². The average molecular weight is 245 g/mol. The number of carbonyl (C=O) groups is 1. The first-order valence-corrected chi connectivity index (χ1v) is 6.73. The summed E-state index contributed by atoms with van der Waals surface area (Å²) in [7, 11) is 0. The number of benzene rings is 1. The highest BCUT2D eigenvalue weighted by Gasteiger charge is 2.47. The number of fused-ring (bicyclic) bond motifs is 1. The topological polar surface area (TPSA) is 49.3 Å². The van der Waals surface area contributed by atoms with E-state index >= 15 is 0 Å². The normalized spacial score (nSPS) is 27.8. The number of rotatable bonds is 4. The fourth-order valence-corrected chi connectivity index (χ4v) is 3.15. The predicted octanol–water partition coefficient (Wildman–Crippen LogP) is 2.30. The lowest BCUT2D eigenvalue weighted by molar-refractivity contribution is -0.145. The molecule has 1 saturated carbocycles. The van der Waals surface area contributed by atoms with Crippen LogP contribution in [-0.2, 0) is 16.8 Å². The summed E-state index contributed by atoms with van der Waals surface area (Å²) in [5, 5.41) is 13.1. The van der Waals surface area contributed by atoms with Gasteiger partial charge in [-0.05, 0) is 49.7 Å². The van der Waals surface area contributed by atoms with Crippen molar-refractivity contribution < 1.29 is 9.90 Å². The number of carboxylic acid groups (broad SMARTS) is 1. The molecule has 0 aliphatic heterocycles. The summed E-state index contributed by atoms with van der Waals surface area (Å²) in [5.74, 6) is -0.0751. The lowest BCUT2D eigenvalue weighted by Crippen LogP contribution is -2.52. The van der Waals surface area contributed by atoms with Crippen molar-refractivity contribution >= 4 is 5.97 Å². The molecular formula is C15H19NO2. The van der Waals surface area contributed by atoms with Gasteiger partial charge in [-0.1, -0.05) is 24.3 Å². The number of carboxylic acids is 1. The first-order chi connectivity index (χ1) is 8.63. The molecule has 0 radical (unpaired) electrons. The third kappa shape index (κ3) is 1.74. The third-order valence-electron chi connectivity index (χ3n) is 4.41. The Kier molecular flexibility index (Phi) is 2.67. The SMILES string of the molecule is CC(NC1(C(=O)O)CCc2ccccc21)C1CC1. The van der Waals surface area contributed by atoms with Crippen LogP contribution in [0.4, 0.5) is 0 Å². The van der Waals surface area contributed by atoms with Gasteiger partial charge in [-0.3, -0.25) is 5.32 Å². The fraction of sp³-hybridized carbons (Fsp3) is 0.533. The Balaban J connectivity index is 1.95. The zero-order chi connectivity index (χ0) is 12.8. The number of nitrogens with one attached hydrogen (secondary N) is 1. The summed E-state index contributed by atoms with van der Waals surface area (Å²) >= 11 is 0. The molecule has 0 amide bonds. The largest absolute Gasteiger partial charge is 0.480 e. The highest BCUT2D eigenvalue weighted by Crippen LogP contribution is 2.40. The van der Waals surface area contributed by atoms with Gasteiger partial charge in [0, 0.05) is 6.04 Å². The lowest BCUT2D eigenvalue weighted by Gasteiger charge is -2.31. The van der Waals surface area contributed by atoms with E-state index in [-0.39, 0.29) is 6.04 Å². The Morgan fingerprint density at radius 3 is 2.83 bits per heavy atom. The van der Waals surface area contributed by atoms with Crippen LogP contribution in [0.1, 0.15) is 37.3 Å². The van der Waals surface area contributed by atoms with Crippen molar-refractivity contribution in [3.05, 3.63) is 35.4 Å². The highest BCUT2D eigenvalue weighted by molar-refractivity contribution is 5.82. The van der Waals surface area contributed by atoms with Gasteiger partial charge in [0.2, 0.25) is 0 Å². The number of hydrogen-bond donors (Lipinski definition) is 2. The molecule has 1 aromatic rings. The molecule has 2 N–H and O–H groups in total. The summed E-state index contributed by atoms with van der Waals surface area (Å²) in [6.45, 7) is 2.11. The second-order valence-corrected chi connectivity index (χ2v) is 5.64. The van der Waals surface area contributed by atoms with E-state index in [1.165, 1.54) is 18.4 Å². The molecule has 1 aromatic carbocycles. The molecule has 96 valence electrons. The Bertz CT molecular complexity index is 481. The summed E-state index contributed by atoms with van der Waals surface area (Å²) in [6.07, 6.45) is 3.97. The maximum atomic E-state index is 11.8. The van der Waals surface area contributed by atoms with Crippen LogP contribution in [0.2, 0.25) is 0 Å². The van der Waals surface area contributed by atoms with E-state index in [4.69, 9.17) is 0 Å². The van der Waals surface area contributed by atoms with Gasteiger partial charge in [0.05, 0.1) is 0 Å². The quantitative estimate of drug-likeness (QED) is 0.855. The molecule has 3 nitrogen and oxygen atoms in total. The van der Waals surface area contributed by atoms with E-state index in [1.807, 2.05) is 24.3 Å². The molecule has 0 heterocycles. The maximum absolute atomic E-state index is 11.8. The van der Waals surface area contributed by atoms with Crippen molar-refractivity contribution in [2.75, 3.05) is 0 Å². The molecule has 1 fully saturated rings. The van der Waals surface area contributed by atoms with E-state index in [9.17, 15) is 9.90 Å². The van der Waals surface area contributed by atoms with E-state index in [1.54, 1.807) is 0 Å². The smallest absolute Gasteiger partial charge is 0.328 e. The van der Waals surface area contributed by atoms with Crippen LogP contribution in [0, 0.1) is 5.92 Å². The van der Waals surface area contributed by atoms with Crippen molar-refractivity contribution in [1.29, 1.82) is 0 Å². The van der Waals surface area contributed by atoms with Crippen LogP contribution in [0.5, 0.6) is 0 Å². The Morgan fingerprint density at radius 1 is 1.44 bits per heavy atom. The van der Waals surface area contributed by atoms with Gasteiger partial charge in [-0.15, -0.1) is 0 Å². The number of aliphatic carboxylic acids is 1. The third-order valence-corrected chi connectivity index (χ3v) is 4.41. The van der Waals surface area contributed by atoms with Gasteiger partial charge in [-0.25, -0.2) is 4.79 Å². The van der Waals surface area contributed by atoms with Crippen LogP contribution >= 0.6 is 0 Å². The Labute approximate surface area is 107 Å². The second kappa shape index (κ2) is 4.09. The van der Waals surface area contributed by atoms with E-state index < -0.39 is 11.5 Å². The Hall–Kier alpha value is -1.35. The van der Waals surface area contributed by atoms with Gasteiger partial charge in [0.25, 0.3) is 0 Å². The summed E-state index contributed by atoms with van der Waals surface area (Å²) in [4.78, 5) is 11.8. The Morgan fingerprint density at radius 2 is 2.17 bits per heavy atom. The molecule has 3 heteroatoms. The highest BCUT2D eigenvalue weighted by atomic mass is 16.4.